The Balaban J connectivity index is 0.000000745. The normalized spacial score (nSPS) is 11.2. The van der Waals surface area contributed by atoms with Crippen molar-refractivity contribution in [1.82, 2.24) is 0 Å². The molecule has 1 aromatic carbocycles. The van der Waals surface area contributed by atoms with Crippen LogP contribution in [0.1, 0.15) is 28.2 Å². The number of hydrogen-bond acceptors (Lipinski definition) is 3. The number of halogens is 2. The van der Waals surface area contributed by atoms with E-state index in [0.29, 0.717) is 0 Å². The van der Waals surface area contributed by atoms with E-state index in [0.717, 1.165) is 17.2 Å². The Bertz CT molecular complexity index is 643. The average Bonchev–Trinajstić information content (AvgIpc) is 2.86. The zero-order valence-electron chi connectivity index (χ0n) is 12.9. The predicted octanol–water partition coefficient (Wildman–Crippen LogP) is 5.38. The molecule has 1 aromatic heterocycles. The van der Waals surface area contributed by atoms with Crippen molar-refractivity contribution in [3.8, 4) is 0 Å². The Hall–Kier alpha value is -1.06. The molecule has 0 aliphatic heterocycles. The van der Waals surface area contributed by atoms with Crippen molar-refractivity contribution in [3.63, 3.8) is 0 Å². The summed E-state index contributed by atoms with van der Waals surface area (Å²) in [6.45, 7) is 6.24. The van der Waals surface area contributed by atoms with Gasteiger partial charge in [-0.1, -0.05) is 17.7 Å². The van der Waals surface area contributed by atoms with Gasteiger partial charge in [0.25, 0.3) is 0 Å². The molecule has 0 saturated heterocycles. The molecule has 0 N–H and O–H groups in total. The van der Waals surface area contributed by atoms with Crippen LogP contribution in [-0.2, 0) is 13.1 Å². The number of aliphatic imine (C=N–C) groups is 2. The third-order valence-electron chi connectivity index (χ3n) is 2.86. The second kappa shape index (κ2) is 9.86. The van der Waals surface area contributed by atoms with E-state index in [1.54, 1.807) is 19.5 Å². The standard InChI is InChI=1S/C16H18N2O.2ClH.Fe/c1-11-7-12(2)16(13(3)8-11)18-10-15-6-5-14(19-15)9-17-4;;;/h5-10H,1-4H3;2*1H;/q;;;+2/p-2. The fourth-order valence-electron chi connectivity index (χ4n) is 2.14. The molecule has 6 heteroatoms. The van der Waals surface area contributed by atoms with Crippen LogP contribution in [0.5, 0.6) is 0 Å². The van der Waals surface area contributed by atoms with Crippen LogP contribution in [0.2, 0.25) is 0 Å². The fourth-order valence-corrected chi connectivity index (χ4v) is 2.14. The zero-order valence-corrected chi connectivity index (χ0v) is 15.5. The minimum absolute atomic E-state index is 0.194. The summed E-state index contributed by atoms with van der Waals surface area (Å²) in [5, 5.41) is 0. The molecule has 2 rings (SSSR count). The van der Waals surface area contributed by atoms with E-state index in [4.69, 9.17) is 24.6 Å². The Morgan fingerprint density at radius 3 is 2.00 bits per heavy atom. The second-order valence-corrected chi connectivity index (χ2v) is 6.51. The van der Waals surface area contributed by atoms with Gasteiger partial charge in [-0.25, -0.2) is 0 Å². The number of benzene rings is 1. The summed E-state index contributed by atoms with van der Waals surface area (Å²) in [5.41, 5.74) is 4.62. The summed E-state index contributed by atoms with van der Waals surface area (Å²) in [6, 6.07) is 8.04. The van der Waals surface area contributed by atoms with Crippen LogP contribution in [0, 0.1) is 20.8 Å². The van der Waals surface area contributed by atoms with E-state index in [-0.39, 0.29) is 13.1 Å². The summed E-state index contributed by atoms with van der Waals surface area (Å²) >= 11 is 0.194. The Morgan fingerprint density at radius 1 is 1.00 bits per heavy atom. The second-order valence-electron chi connectivity index (χ2n) is 4.68. The monoisotopic (exact) mass is 380 g/mol. The molecule has 0 atom stereocenters. The molecule has 0 aliphatic rings. The van der Waals surface area contributed by atoms with E-state index in [1.807, 2.05) is 12.1 Å². The topological polar surface area (TPSA) is 37.9 Å². The van der Waals surface area contributed by atoms with E-state index in [9.17, 15) is 0 Å². The average molecular weight is 381 g/mol. The SMILES string of the molecule is CN=Cc1ccc(C=Nc2c(C)cc(C)cc2C)o1.[Cl][Fe][Cl]. The summed E-state index contributed by atoms with van der Waals surface area (Å²) in [4.78, 5) is 8.44. The van der Waals surface area contributed by atoms with Crippen LogP contribution in [-0.4, -0.2) is 19.5 Å². The van der Waals surface area contributed by atoms with Gasteiger partial charge in [0.05, 0.1) is 18.1 Å². The van der Waals surface area contributed by atoms with Crippen molar-refractivity contribution >= 4 is 38.3 Å². The molecule has 0 spiro atoms. The van der Waals surface area contributed by atoms with Crippen molar-refractivity contribution in [2.45, 2.75) is 20.8 Å². The first-order valence-electron chi connectivity index (χ1n) is 6.51. The van der Waals surface area contributed by atoms with Gasteiger partial charge in [0, 0.05) is 7.05 Å². The molecule has 0 unspecified atom stereocenters. The number of rotatable bonds is 3. The van der Waals surface area contributed by atoms with Crippen molar-refractivity contribution in [2.24, 2.45) is 9.98 Å². The quantitative estimate of drug-likeness (QED) is 0.520. The predicted molar refractivity (Wildman–Crippen MR) is 91.8 cm³/mol. The number of nitrogens with zero attached hydrogens (tertiary/aromatic N) is 2. The fraction of sp³-hybridized carbons (Fsp3) is 0.250. The van der Waals surface area contributed by atoms with Crippen molar-refractivity contribution in [3.05, 3.63) is 52.5 Å². The van der Waals surface area contributed by atoms with Gasteiger partial charge in [-0.15, -0.1) is 0 Å². The first-order chi connectivity index (χ1) is 10.5. The Kier molecular flexibility index (Phi) is 8.51. The summed E-state index contributed by atoms with van der Waals surface area (Å²) in [5.74, 6) is 1.47. The number of furan rings is 1. The van der Waals surface area contributed by atoms with Crippen LogP contribution >= 0.6 is 20.2 Å². The van der Waals surface area contributed by atoms with E-state index >= 15 is 0 Å². The zero-order chi connectivity index (χ0) is 16.5. The molecule has 3 nitrogen and oxygen atoms in total. The molecule has 0 fully saturated rings. The molecular formula is C16H18Cl2FeN2O. The summed E-state index contributed by atoms with van der Waals surface area (Å²) in [7, 11) is 11.2. The molecule has 0 bridgehead atoms. The van der Waals surface area contributed by atoms with Gasteiger partial charge in [0.1, 0.15) is 11.5 Å². The van der Waals surface area contributed by atoms with E-state index in [1.165, 1.54) is 16.7 Å². The molecule has 120 valence electrons. The summed E-state index contributed by atoms with van der Waals surface area (Å²) < 4.78 is 5.55. The molecule has 0 amide bonds. The van der Waals surface area contributed by atoms with Crippen LogP contribution in [0.4, 0.5) is 5.69 Å². The van der Waals surface area contributed by atoms with E-state index in [2.05, 4.69) is 42.9 Å². The van der Waals surface area contributed by atoms with Crippen LogP contribution < -0.4 is 0 Å². The molecular weight excluding hydrogens is 363 g/mol. The first-order valence-corrected chi connectivity index (χ1v) is 9.54. The van der Waals surface area contributed by atoms with Crippen LogP contribution in [0.25, 0.3) is 0 Å². The molecule has 0 saturated carbocycles. The Labute approximate surface area is 146 Å². The van der Waals surface area contributed by atoms with Gasteiger partial charge < -0.3 is 4.42 Å². The maximum atomic E-state index is 5.55. The van der Waals surface area contributed by atoms with Crippen molar-refractivity contribution < 1.29 is 17.6 Å². The van der Waals surface area contributed by atoms with Crippen molar-refractivity contribution in [1.29, 1.82) is 0 Å². The van der Waals surface area contributed by atoms with Crippen LogP contribution in [0.15, 0.2) is 38.7 Å². The third kappa shape index (κ3) is 5.97. The molecule has 22 heavy (non-hydrogen) atoms. The van der Waals surface area contributed by atoms with E-state index < -0.39 is 0 Å². The third-order valence-corrected chi connectivity index (χ3v) is 2.86. The minimum atomic E-state index is 0.194. The maximum absolute atomic E-state index is 5.55. The van der Waals surface area contributed by atoms with Gasteiger partial charge in [-0.2, -0.15) is 0 Å². The molecule has 1 heterocycles. The summed E-state index contributed by atoms with van der Waals surface area (Å²) in [6.07, 6.45) is 3.43. The van der Waals surface area contributed by atoms with Crippen molar-refractivity contribution in [2.75, 3.05) is 7.05 Å². The first kappa shape index (κ1) is 19.0. The van der Waals surface area contributed by atoms with Gasteiger partial charge in [0.15, 0.2) is 0 Å². The van der Waals surface area contributed by atoms with Gasteiger partial charge in [0.2, 0.25) is 0 Å². The molecule has 0 aliphatic carbocycles. The molecule has 2 aromatic rings. The number of aryl methyl sites for hydroxylation is 3. The van der Waals surface area contributed by atoms with Gasteiger partial charge >= 0.3 is 33.3 Å². The Morgan fingerprint density at radius 2 is 1.50 bits per heavy atom. The number of hydrogen-bond donors (Lipinski definition) is 0. The van der Waals surface area contributed by atoms with Gasteiger partial charge in [-0.05, 0) is 44.0 Å². The van der Waals surface area contributed by atoms with Crippen LogP contribution in [0.3, 0.4) is 0 Å². The van der Waals surface area contributed by atoms with Gasteiger partial charge in [-0.3, -0.25) is 9.98 Å². The molecule has 0 radical (unpaired) electrons.